The van der Waals surface area contributed by atoms with Crippen LogP contribution in [0.4, 0.5) is 0 Å². The second-order valence-corrected chi connectivity index (χ2v) is 5.02. The molecular formula is C13H14N2O3S. The van der Waals surface area contributed by atoms with Crippen molar-refractivity contribution in [2.24, 2.45) is 0 Å². The minimum Gasteiger partial charge on any atom is -0.382 e. The highest BCUT2D eigenvalue weighted by Gasteiger charge is 2.34. The summed E-state index contributed by atoms with van der Waals surface area (Å²) in [7, 11) is 1.59. The standard InChI is InChI=1S/C13H14N2O3S/c1-17-6-7-18-9-15-11(8-14)13(16)10-4-2-3-5-12(10)19-15/h2-5,11H,6-7,9H2,1H3. The van der Waals surface area contributed by atoms with Gasteiger partial charge in [-0.3, -0.25) is 4.79 Å². The number of ketones is 1. The molecular weight excluding hydrogens is 264 g/mol. The van der Waals surface area contributed by atoms with E-state index in [1.165, 1.54) is 11.9 Å². The van der Waals surface area contributed by atoms with Gasteiger partial charge in [0, 0.05) is 17.6 Å². The van der Waals surface area contributed by atoms with Crippen LogP contribution in [0.5, 0.6) is 0 Å². The molecule has 0 aromatic heterocycles. The number of Topliss-reactive ketones (excluding diaryl/α,β-unsaturated/α-hetero) is 1. The van der Waals surface area contributed by atoms with Gasteiger partial charge in [0.2, 0.25) is 0 Å². The monoisotopic (exact) mass is 278 g/mol. The minimum atomic E-state index is -0.803. The van der Waals surface area contributed by atoms with Crippen molar-refractivity contribution in [1.82, 2.24) is 4.31 Å². The molecule has 0 bridgehead atoms. The first kappa shape index (κ1) is 14.0. The van der Waals surface area contributed by atoms with E-state index < -0.39 is 6.04 Å². The molecule has 1 heterocycles. The summed E-state index contributed by atoms with van der Waals surface area (Å²) in [5.74, 6) is -0.174. The van der Waals surface area contributed by atoms with Crippen molar-refractivity contribution < 1.29 is 14.3 Å². The number of nitriles is 1. The largest absolute Gasteiger partial charge is 0.382 e. The average Bonchev–Trinajstić information content (AvgIpc) is 2.44. The molecule has 1 aliphatic heterocycles. The van der Waals surface area contributed by atoms with Crippen molar-refractivity contribution in [2.75, 3.05) is 27.1 Å². The van der Waals surface area contributed by atoms with Crippen LogP contribution in [0, 0.1) is 11.3 Å². The number of ether oxygens (including phenoxy) is 2. The molecule has 0 saturated heterocycles. The third kappa shape index (κ3) is 3.14. The van der Waals surface area contributed by atoms with Gasteiger partial charge in [0.1, 0.15) is 6.73 Å². The van der Waals surface area contributed by atoms with Crippen LogP contribution >= 0.6 is 11.9 Å². The van der Waals surface area contributed by atoms with Gasteiger partial charge in [0.25, 0.3) is 0 Å². The Morgan fingerprint density at radius 2 is 2.21 bits per heavy atom. The lowest BCUT2D eigenvalue weighted by Crippen LogP contribution is -2.40. The first-order valence-corrected chi connectivity index (χ1v) is 6.59. The number of rotatable bonds is 5. The van der Waals surface area contributed by atoms with E-state index in [9.17, 15) is 4.79 Å². The van der Waals surface area contributed by atoms with Crippen LogP contribution < -0.4 is 0 Å². The maximum atomic E-state index is 12.2. The summed E-state index contributed by atoms with van der Waals surface area (Å²) in [4.78, 5) is 13.0. The molecule has 1 aromatic rings. The summed E-state index contributed by atoms with van der Waals surface area (Å²) in [6.45, 7) is 1.13. The molecule has 0 spiro atoms. The highest BCUT2D eigenvalue weighted by Crippen LogP contribution is 2.34. The van der Waals surface area contributed by atoms with Crippen LogP contribution in [-0.4, -0.2) is 43.2 Å². The fourth-order valence-corrected chi connectivity index (χ4v) is 2.76. The highest BCUT2D eigenvalue weighted by molar-refractivity contribution is 7.97. The van der Waals surface area contributed by atoms with Crippen molar-refractivity contribution >= 4 is 17.7 Å². The predicted octanol–water partition coefficient (Wildman–Crippen LogP) is 1.70. The van der Waals surface area contributed by atoms with Crippen LogP contribution in [0.2, 0.25) is 0 Å². The maximum absolute atomic E-state index is 12.2. The quantitative estimate of drug-likeness (QED) is 0.603. The minimum absolute atomic E-state index is 0.174. The zero-order valence-electron chi connectivity index (χ0n) is 10.5. The Morgan fingerprint density at radius 3 is 2.95 bits per heavy atom. The number of nitrogens with zero attached hydrogens (tertiary/aromatic N) is 2. The van der Waals surface area contributed by atoms with Gasteiger partial charge in [-0.15, -0.1) is 0 Å². The zero-order chi connectivity index (χ0) is 13.7. The Bertz CT molecular complexity index is 501. The van der Waals surface area contributed by atoms with E-state index >= 15 is 0 Å². The summed E-state index contributed by atoms with van der Waals surface area (Å²) < 4.78 is 11.9. The number of carbonyl (C=O) groups is 1. The number of benzene rings is 1. The molecule has 0 N–H and O–H groups in total. The van der Waals surface area contributed by atoms with Crippen molar-refractivity contribution in [2.45, 2.75) is 10.9 Å². The molecule has 0 amide bonds. The molecule has 0 saturated carbocycles. The number of hydrogen-bond donors (Lipinski definition) is 0. The van der Waals surface area contributed by atoms with Crippen molar-refractivity contribution in [3.8, 4) is 6.07 Å². The van der Waals surface area contributed by atoms with Crippen molar-refractivity contribution in [3.63, 3.8) is 0 Å². The van der Waals surface area contributed by atoms with E-state index in [2.05, 4.69) is 0 Å². The molecule has 5 nitrogen and oxygen atoms in total. The lowest BCUT2D eigenvalue weighted by atomic mass is 10.1. The van der Waals surface area contributed by atoms with E-state index in [0.29, 0.717) is 18.8 Å². The Morgan fingerprint density at radius 1 is 1.42 bits per heavy atom. The van der Waals surface area contributed by atoms with Gasteiger partial charge in [0.15, 0.2) is 11.8 Å². The van der Waals surface area contributed by atoms with Gasteiger partial charge in [-0.25, -0.2) is 0 Å². The van der Waals surface area contributed by atoms with Gasteiger partial charge >= 0.3 is 0 Å². The number of methoxy groups -OCH3 is 1. The number of carbonyl (C=O) groups excluding carboxylic acids is 1. The Kier molecular flexibility index (Phi) is 4.93. The normalized spacial score (nSPS) is 18.9. The molecule has 0 aliphatic carbocycles. The summed E-state index contributed by atoms with van der Waals surface area (Å²) in [6, 6.07) is 8.52. The summed E-state index contributed by atoms with van der Waals surface area (Å²) in [5, 5.41) is 9.15. The molecule has 19 heavy (non-hydrogen) atoms. The van der Waals surface area contributed by atoms with Gasteiger partial charge in [0.05, 0.1) is 19.3 Å². The van der Waals surface area contributed by atoms with Crippen LogP contribution in [0.1, 0.15) is 10.4 Å². The average molecular weight is 278 g/mol. The van der Waals surface area contributed by atoms with E-state index in [0.717, 1.165) is 4.90 Å². The first-order chi connectivity index (χ1) is 9.27. The van der Waals surface area contributed by atoms with Crippen molar-refractivity contribution in [3.05, 3.63) is 29.8 Å². The maximum Gasteiger partial charge on any atom is 0.196 e. The number of hydrogen-bond acceptors (Lipinski definition) is 6. The molecule has 6 heteroatoms. The fourth-order valence-electron chi connectivity index (χ4n) is 1.73. The predicted molar refractivity (Wildman–Crippen MR) is 70.6 cm³/mol. The van der Waals surface area contributed by atoms with Crippen LogP contribution in [0.3, 0.4) is 0 Å². The Balaban J connectivity index is 2.09. The van der Waals surface area contributed by atoms with Gasteiger partial charge < -0.3 is 9.47 Å². The third-order valence-electron chi connectivity index (χ3n) is 2.68. The molecule has 1 aliphatic rings. The van der Waals surface area contributed by atoms with E-state index in [1.807, 2.05) is 18.2 Å². The van der Waals surface area contributed by atoms with Crippen LogP contribution in [-0.2, 0) is 9.47 Å². The van der Waals surface area contributed by atoms with Crippen LogP contribution in [0.25, 0.3) is 0 Å². The summed E-state index contributed by atoms with van der Waals surface area (Å²) >= 11 is 1.38. The van der Waals surface area contributed by atoms with Gasteiger partial charge in [-0.2, -0.15) is 9.57 Å². The molecule has 0 fully saturated rings. The topological polar surface area (TPSA) is 62.6 Å². The van der Waals surface area contributed by atoms with Gasteiger partial charge in [-0.05, 0) is 18.0 Å². The van der Waals surface area contributed by atoms with Crippen molar-refractivity contribution in [1.29, 1.82) is 5.26 Å². The molecule has 1 aromatic carbocycles. The fraction of sp³-hybridized carbons (Fsp3) is 0.385. The lowest BCUT2D eigenvalue weighted by Gasteiger charge is -2.29. The van der Waals surface area contributed by atoms with Crippen LogP contribution in [0.15, 0.2) is 29.2 Å². The highest BCUT2D eigenvalue weighted by atomic mass is 32.2. The second-order valence-electron chi connectivity index (χ2n) is 3.93. The summed E-state index contributed by atoms with van der Waals surface area (Å²) in [5.41, 5.74) is 0.604. The second kappa shape index (κ2) is 6.68. The third-order valence-corrected chi connectivity index (χ3v) is 3.78. The molecule has 2 rings (SSSR count). The molecule has 1 atom stereocenters. The van der Waals surface area contributed by atoms with E-state index in [1.54, 1.807) is 23.5 Å². The number of fused-ring (bicyclic) bond motifs is 1. The van der Waals surface area contributed by atoms with E-state index in [4.69, 9.17) is 14.7 Å². The molecule has 0 radical (unpaired) electrons. The summed E-state index contributed by atoms with van der Waals surface area (Å²) in [6.07, 6.45) is 0. The molecule has 100 valence electrons. The SMILES string of the molecule is COCCOCN1Sc2ccccc2C(=O)C1C#N. The smallest absolute Gasteiger partial charge is 0.196 e. The van der Waals surface area contributed by atoms with Gasteiger partial charge in [-0.1, -0.05) is 18.2 Å². The molecule has 1 unspecified atom stereocenters. The first-order valence-electron chi connectivity index (χ1n) is 5.82. The van der Waals surface area contributed by atoms with E-state index in [-0.39, 0.29) is 12.5 Å². The Hall–Kier alpha value is -1.39. The zero-order valence-corrected chi connectivity index (χ0v) is 11.4. The Labute approximate surface area is 116 Å². The lowest BCUT2D eigenvalue weighted by molar-refractivity contribution is 0.0296.